The third-order valence-corrected chi connectivity index (χ3v) is 7.28. The van der Waals surface area contributed by atoms with Gasteiger partial charge in [-0.1, -0.05) is 54.6 Å². The molecule has 0 unspecified atom stereocenters. The van der Waals surface area contributed by atoms with E-state index < -0.39 is 17.6 Å². The molecular weight excluding hydrogens is 516 g/mol. The molecule has 41 heavy (non-hydrogen) atoms. The summed E-state index contributed by atoms with van der Waals surface area (Å²) in [6, 6.07) is 23.2. The van der Waals surface area contributed by atoms with Crippen molar-refractivity contribution in [2.45, 2.75) is 64.1 Å². The molecule has 3 aromatic rings. The minimum Gasteiger partial charge on any atom is -0.497 e. The second-order valence-corrected chi connectivity index (χ2v) is 11.6. The maximum Gasteiger partial charge on any atom is 0.319 e. The van der Waals surface area contributed by atoms with Crippen molar-refractivity contribution < 1.29 is 19.1 Å². The van der Waals surface area contributed by atoms with E-state index in [1.54, 1.807) is 36.3 Å². The van der Waals surface area contributed by atoms with Crippen LogP contribution in [0.5, 0.6) is 5.75 Å². The highest BCUT2D eigenvalue weighted by molar-refractivity contribution is 5.95. The smallest absolute Gasteiger partial charge is 0.319 e. The number of nitrogens with one attached hydrogen (secondary N) is 3. The van der Waals surface area contributed by atoms with Crippen LogP contribution in [0.15, 0.2) is 78.9 Å². The average molecular weight is 557 g/mol. The zero-order valence-electron chi connectivity index (χ0n) is 24.4. The van der Waals surface area contributed by atoms with E-state index in [0.717, 1.165) is 16.7 Å². The van der Waals surface area contributed by atoms with Crippen molar-refractivity contribution in [2.75, 3.05) is 19.0 Å². The Morgan fingerprint density at radius 2 is 1.59 bits per heavy atom. The number of rotatable bonds is 7. The number of urea groups is 1. The Morgan fingerprint density at radius 1 is 0.927 bits per heavy atom. The average Bonchev–Trinajstić information content (AvgIpc) is 3.05. The fraction of sp³-hybridized carbons (Fsp3) is 0.364. The topological polar surface area (TPSA) is 99.8 Å². The van der Waals surface area contributed by atoms with E-state index in [0.29, 0.717) is 24.3 Å². The van der Waals surface area contributed by atoms with Gasteiger partial charge in [0.1, 0.15) is 18.3 Å². The number of hydrogen-bond donors (Lipinski definition) is 3. The minimum absolute atomic E-state index is 0.0349. The predicted molar refractivity (Wildman–Crippen MR) is 161 cm³/mol. The summed E-state index contributed by atoms with van der Waals surface area (Å²) in [4.78, 5) is 42.2. The maximum absolute atomic E-state index is 14.3. The zero-order chi connectivity index (χ0) is 29.6. The molecule has 0 spiro atoms. The number of benzene rings is 3. The van der Waals surface area contributed by atoms with Gasteiger partial charge in [0.05, 0.1) is 13.2 Å². The highest BCUT2D eigenvalue weighted by Crippen LogP contribution is 2.40. The van der Waals surface area contributed by atoms with Crippen LogP contribution in [-0.2, 0) is 9.59 Å². The number of nitrogens with zero attached hydrogens (tertiary/aromatic N) is 1. The van der Waals surface area contributed by atoms with Gasteiger partial charge in [-0.3, -0.25) is 9.59 Å². The molecule has 0 saturated carbocycles. The summed E-state index contributed by atoms with van der Waals surface area (Å²) in [5, 5.41) is 8.73. The molecule has 3 atom stereocenters. The first-order chi connectivity index (χ1) is 19.5. The van der Waals surface area contributed by atoms with Gasteiger partial charge in [-0.2, -0.15) is 0 Å². The predicted octanol–water partition coefficient (Wildman–Crippen LogP) is 5.56. The Kier molecular flexibility index (Phi) is 9.32. The van der Waals surface area contributed by atoms with Crippen molar-refractivity contribution in [3.8, 4) is 5.75 Å². The molecule has 1 heterocycles. The van der Waals surface area contributed by atoms with Gasteiger partial charge in [-0.25, -0.2) is 4.79 Å². The third-order valence-electron chi connectivity index (χ3n) is 7.28. The highest BCUT2D eigenvalue weighted by atomic mass is 16.5. The summed E-state index contributed by atoms with van der Waals surface area (Å²) >= 11 is 0. The first-order valence-electron chi connectivity index (χ1n) is 14.0. The van der Waals surface area contributed by atoms with Crippen LogP contribution in [0.1, 0.15) is 62.3 Å². The van der Waals surface area contributed by atoms with E-state index in [4.69, 9.17) is 4.74 Å². The molecule has 4 amide bonds. The van der Waals surface area contributed by atoms with E-state index >= 15 is 0 Å². The lowest BCUT2D eigenvalue weighted by Gasteiger charge is -2.33. The summed E-state index contributed by atoms with van der Waals surface area (Å²) in [5.74, 6) is 0.103. The number of carbonyl (C=O) groups excluding carboxylic acids is 3. The molecule has 1 aliphatic rings. The molecule has 1 saturated heterocycles. The van der Waals surface area contributed by atoms with Crippen LogP contribution in [0.4, 0.5) is 10.5 Å². The summed E-state index contributed by atoms with van der Waals surface area (Å²) in [6.45, 7) is 7.67. The van der Waals surface area contributed by atoms with E-state index in [9.17, 15) is 14.4 Å². The Hall–Kier alpha value is -4.33. The minimum atomic E-state index is -0.839. The largest absolute Gasteiger partial charge is 0.497 e. The Labute approximate surface area is 242 Å². The van der Waals surface area contributed by atoms with Crippen LogP contribution in [-0.4, -0.2) is 48.0 Å². The van der Waals surface area contributed by atoms with Gasteiger partial charge in [0.2, 0.25) is 11.8 Å². The first-order valence-corrected chi connectivity index (χ1v) is 14.0. The number of amides is 4. The fourth-order valence-electron chi connectivity index (χ4n) is 5.44. The number of carbonyl (C=O) groups is 3. The second-order valence-electron chi connectivity index (χ2n) is 11.6. The second kappa shape index (κ2) is 12.9. The van der Waals surface area contributed by atoms with Gasteiger partial charge in [-0.05, 0) is 87.4 Å². The van der Waals surface area contributed by atoms with Crippen LogP contribution in [0.3, 0.4) is 0 Å². The van der Waals surface area contributed by atoms with E-state index in [1.165, 1.54) is 0 Å². The van der Waals surface area contributed by atoms with Gasteiger partial charge >= 0.3 is 6.03 Å². The van der Waals surface area contributed by atoms with E-state index in [1.807, 2.05) is 63.2 Å². The van der Waals surface area contributed by atoms with Crippen LogP contribution >= 0.6 is 0 Å². The standard InChI is InChI=1S/C33H40N4O4/c1-22-11-9-10-14-27(22)24-19-28(35-32(40)34-25-15-17-26(41-5)18-16-25)31(39)37(21-30(38)36-33(2,3)4)29(20-24)23-12-7-6-8-13-23/h6-18,24,28-29H,19-21H2,1-5H3,(H,36,38)(H2,34,35,40)/t24-,28+,29+/m0/s1. The van der Waals surface area contributed by atoms with Gasteiger partial charge in [0.15, 0.2) is 0 Å². The maximum atomic E-state index is 14.3. The zero-order valence-corrected chi connectivity index (χ0v) is 24.4. The molecule has 0 aliphatic carbocycles. The number of hydrogen-bond acceptors (Lipinski definition) is 4. The Morgan fingerprint density at radius 3 is 2.22 bits per heavy atom. The molecule has 0 radical (unpaired) electrons. The molecule has 8 nitrogen and oxygen atoms in total. The van der Waals surface area contributed by atoms with E-state index in [2.05, 4.69) is 35.0 Å². The summed E-state index contributed by atoms with van der Waals surface area (Å²) < 4.78 is 5.20. The lowest BCUT2D eigenvalue weighted by atomic mass is 9.84. The molecule has 8 heteroatoms. The monoisotopic (exact) mass is 556 g/mol. The van der Waals surface area contributed by atoms with Gasteiger partial charge in [0, 0.05) is 11.2 Å². The number of ether oxygens (including phenoxy) is 1. The summed E-state index contributed by atoms with van der Waals surface area (Å²) in [7, 11) is 1.58. The molecule has 0 bridgehead atoms. The van der Waals surface area contributed by atoms with E-state index in [-0.39, 0.29) is 30.3 Å². The molecule has 0 aromatic heterocycles. The highest BCUT2D eigenvalue weighted by Gasteiger charge is 2.40. The molecule has 216 valence electrons. The van der Waals surface area contributed by atoms with Crippen LogP contribution in [0, 0.1) is 6.92 Å². The summed E-state index contributed by atoms with van der Waals surface area (Å²) in [5.41, 5.74) is 3.32. The third kappa shape index (κ3) is 7.87. The van der Waals surface area contributed by atoms with Crippen molar-refractivity contribution in [1.82, 2.24) is 15.5 Å². The first kappa shape index (κ1) is 29.6. The van der Waals surface area contributed by atoms with Crippen molar-refractivity contribution in [1.29, 1.82) is 0 Å². The number of anilines is 1. The summed E-state index contributed by atoms with van der Waals surface area (Å²) in [6.07, 6.45) is 1.02. The number of likely N-dealkylation sites (tertiary alicyclic amines) is 1. The normalized spacial score (nSPS) is 19.2. The van der Waals surface area contributed by atoms with Gasteiger partial charge < -0.3 is 25.6 Å². The molecule has 1 aliphatic heterocycles. The van der Waals surface area contributed by atoms with Crippen molar-refractivity contribution in [2.24, 2.45) is 0 Å². The molecule has 4 rings (SSSR count). The lowest BCUT2D eigenvalue weighted by molar-refractivity contribution is -0.139. The van der Waals surface area contributed by atoms with Crippen LogP contribution in [0.2, 0.25) is 0 Å². The van der Waals surface area contributed by atoms with Crippen molar-refractivity contribution in [3.63, 3.8) is 0 Å². The van der Waals surface area contributed by atoms with Gasteiger partial charge in [-0.15, -0.1) is 0 Å². The van der Waals surface area contributed by atoms with Gasteiger partial charge in [0.25, 0.3) is 0 Å². The molecule has 1 fully saturated rings. The quantitative estimate of drug-likeness (QED) is 0.355. The fourth-order valence-corrected chi connectivity index (χ4v) is 5.44. The Bertz CT molecular complexity index is 1350. The Balaban J connectivity index is 1.69. The number of methoxy groups -OCH3 is 1. The molecule has 3 aromatic carbocycles. The van der Waals surface area contributed by atoms with Crippen molar-refractivity contribution >= 4 is 23.5 Å². The molecular formula is C33H40N4O4. The van der Waals surface area contributed by atoms with Crippen molar-refractivity contribution in [3.05, 3.63) is 95.6 Å². The van der Waals surface area contributed by atoms with Crippen LogP contribution in [0.25, 0.3) is 0 Å². The molecule has 3 N–H and O–H groups in total. The van der Waals surface area contributed by atoms with Crippen LogP contribution < -0.4 is 20.7 Å². The number of aryl methyl sites for hydroxylation is 1. The lowest BCUT2D eigenvalue weighted by Crippen LogP contribution is -2.53. The SMILES string of the molecule is COc1ccc(NC(=O)N[C@@H]2C[C@H](c3ccccc3C)C[C@H](c3ccccc3)N(CC(=O)NC(C)(C)C)C2=O)cc1.